The van der Waals surface area contributed by atoms with Crippen LogP contribution in [-0.2, 0) is 4.79 Å². The van der Waals surface area contributed by atoms with Crippen LogP contribution in [0, 0.1) is 6.92 Å². The lowest BCUT2D eigenvalue weighted by Crippen LogP contribution is -2.92. The van der Waals surface area contributed by atoms with Gasteiger partial charge in [-0.05, 0) is 38.1 Å². The molecule has 0 radical (unpaired) electrons. The minimum Gasteiger partial charge on any atom is -0.348 e. The van der Waals surface area contributed by atoms with E-state index in [2.05, 4.69) is 59.3 Å². The van der Waals surface area contributed by atoms with Crippen LogP contribution in [0.2, 0.25) is 0 Å². The summed E-state index contributed by atoms with van der Waals surface area (Å²) in [4.78, 5) is 13.5. The zero-order valence-corrected chi connectivity index (χ0v) is 13.9. The van der Waals surface area contributed by atoms with E-state index in [1.54, 1.807) is 11.3 Å². The molecule has 1 fully saturated rings. The number of carbonyl (C=O) groups is 1. The second kappa shape index (κ2) is 6.63. The number of nitrogens with two attached hydrogens (primary N) is 1. The number of benzene rings is 1. The first-order chi connectivity index (χ1) is 10.6. The van der Waals surface area contributed by atoms with Crippen LogP contribution in [0.3, 0.4) is 0 Å². The Kier molecular flexibility index (Phi) is 4.60. The highest BCUT2D eigenvalue weighted by Gasteiger charge is 2.29. The van der Waals surface area contributed by atoms with Crippen LogP contribution in [0.4, 0.5) is 0 Å². The average Bonchev–Trinajstić information content (AvgIpc) is 3.16. The molecule has 1 amide bonds. The molecule has 2 atom stereocenters. The number of amides is 1. The van der Waals surface area contributed by atoms with E-state index in [0.717, 1.165) is 12.8 Å². The fraction of sp³-hybridized carbons (Fsp3) is 0.389. The van der Waals surface area contributed by atoms with Crippen LogP contribution in [0.1, 0.15) is 41.8 Å². The van der Waals surface area contributed by atoms with E-state index in [1.165, 1.54) is 16.0 Å². The van der Waals surface area contributed by atoms with Crippen LogP contribution in [-0.4, -0.2) is 18.0 Å². The van der Waals surface area contributed by atoms with Gasteiger partial charge in [0.15, 0.2) is 6.04 Å². The second-order valence-electron chi connectivity index (χ2n) is 6.17. The molecule has 0 saturated heterocycles. The Balaban J connectivity index is 1.76. The van der Waals surface area contributed by atoms with Gasteiger partial charge in [-0.3, -0.25) is 4.79 Å². The zero-order valence-electron chi connectivity index (χ0n) is 13.1. The Bertz CT molecular complexity index is 617. The molecule has 2 aromatic rings. The maximum Gasteiger partial charge on any atom is 0.278 e. The molecular weight excluding hydrogens is 292 g/mol. The van der Waals surface area contributed by atoms with Crippen molar-refractivity contribution in [3.63, 3.8) is 0 Å². The molecule has 1 aromatic carbocycles. The number of carbonyl (C=O) groups excluding carboxylic acids is 1. The lowest BCUT2D eigenvalue weighted by Gasteiger charge is -2.19. The van der Waals surface area contributed by atoms with Crippen LogP contribution >= 0.6 is 11.3 Å². The third-order valence-corrected chi connectivity index (χ3v) is 5.06. The highest BCUT2D eigenvalue weighted by Crippen LogP contribution is 2.23. The molecule has 3 N–H and O–H groups in total. The molecule has 0 aliphatic heterocycles. The molecule has 1 heterocycles. The highest BCUT2D eigenvalue weighted by molar-refractivity contribution is 7.10. The fourth-order valence-electron chi connectivity index (χ4n) is 2.55. The van der Waals surface area contributed by atoms with E-state index in [9.17, 15) is 4.79 Å². The molecular formula is C18H23N2OS+. The fourth-order valence-corrected chi connectivity index (χ4v) is 3.38. The van der Waals surface area contributed by atoms with Crippen molar-refractivity contribution in [1.29, 1.82) is 0 Å². The van der Waals surface area contributed by atoms with Crippen molar-refractivity contribution in [2.24, 2.45) is 0 Å². The SMILES string of the molecule is Cc1ccc([C@H]([NH2+][C@@H](C)C(=O)NC2CC2)c2cccs2)cc1. The minimum atomic E-state index is -0.0889. The van der Waals surface area contributed by atoms with E-state index < -0.39 is 0 Å². The number of rotatable bonds is 6. The van der Waals surface area contributed by atoms with Gasteiger partial charge in [-0.2, -0.15) is 0 Å². The van der Waals surface area contributed by atoms with E-state index in [1.807, 2.05) is 6.92 Å². The third kappa shape index (κ3) is 3.76. The summed E-state index contributed by atoms with van der Waals surface area (Å²) < 4.78 is 0. The van der Waals surface area contributed by atoms with Crippen LogP contribution < -0.4 is 10.6 Å². The summed E-state index contributed by atoms with van der Waals surface area (Å²) in [5, 5.41) is 7.37. The van der Waals surface area contributed by atoms with E-state index in [0.29, 0.717) is 6.04 Å². The summed E-state index contributed by atoms with van der Waals surface area (Å²) in [5.74, 6) is 0.149. The summed E-state index contributed by atoms with van der Waals surface area (Å²) >= 11 is 1.75. The molecule has 1 saturated carbocycles. The van der Waals surface area contributed by atoms with Crippen LogP contribution in [0.5, 0.6) is 0 Å². The van der Waals surface area contributed by atoms with Crippen molar-refractivity contribution in [1.82, 2.24) is 5.32 Å². The van der Waals surface area contributed by atoms with E-state index >= 15 is 0 Å². The van der Waals surface area contributed by atoms with E-state index in [4.69, 9.17) is 0 Å². The smallest absolute Gasteiger partial charge is 0.278 e. The number of nitrogens with one attached hydrogen (secondary N) is 1. The molecule has 1 aromatic heterocycles. The Morgan fingerprint density at radius 3 is 2.59 bits per heavy atom. The molecule has 3 nitrogen and oxygen atoms in total. The number of hydrogen-bond acceptors (Lipinski definition) is 2. The molecule has 0 spiro atoms. The molecule has 1 aliphatic rings. The van der Waals surface area contributed by atoms with Crippen molar-refractivity contribution >= 4 is 17.2 Å². The number of aryl methyl sites for hydroxylation is 1. The molecule has 4 heteroatoms. The average molecular weight is 315 g/mol. The lowest BCUT2D eigenvalue weighted by molar-refractivity contribution is -0.704. The Morgan fingerprint density at radius 1 is 1.27 bits per heavy atom. The molecule has 3 rings (SSSR count). The highest BCUT2D eigenvalue weighted by atomic mass is 32.1. The summed E-state index contributed by atoms with van der Waals surface area (Å²) in [5.41, 5.74) is 2.51. The van der Waals surface area contributed by atoms with Gasteiger partial charge < -0.3 is 10.6 Å². The van der Waals surface area contributed by atoms with Crippen molar-refractivity contribution in [2.75, 3.05) is 0 Å². The van der Waals surface area contributed by atoms with Gasteiger partial charge in [0.2, 0.25) is 0 Å². The monoisotopic (exact) mass is 315 g/mol. The maximum atomic E-state index is 12.2. The summed E-state index contributed by atoms with van der Waals surface area (Å²) in [6, 6.07) is 13.3. The summed E-state index contributed by atoms with van der Waals surface area (Å²) in [6.45, 7) is 4.09. The standard InChI is InChI=1S/C18H22N2OS/c1-12-5-7-14(8-6-12)17(16-4-3-11-22-16)19-13(2)18(21)20-15-9-10-15/h3-8,11,13,15,17,19H,9-10H2,1-2H3,(H,20,21)/p+1/t13-,17-/m0/s1. The first-order valence-electron chi connectivity index (χ1n) is 7.89. The van der Waals surface area contributed by atoms with Gasteiger partial charge in [-0.1, -0.05) is 35.9 Å². The largest absolute Gasteiger partial charge is 0.348 e. The first-order valence-corrected chi connectivity index (χ1v) is 8.77. The molecule has 0 bridgehead atoms. The molecule has 0 unspecified atom stereocenters. The van der Waals surface area contributed by atoms with Gasteiger partial charge in [0.1, 0.15) is 6.04 Å². The van der Waals surface area contributed by atoms with E-state index in [-0.39, 0.29) is 18.0 Å². The summed E-state index contributed by atoms with van der Waals surface area (Å²) in [6.07, 6.45) is 2.26. The van der Waals surface area contributed by atoms with Crippen LogP contribution in [0.25, 0.3) is 0 Å². The van der Waals surface area contributed by atoms with Gasteiger partial charge in [-0.15, -0.1) is 11.3 Å². The number of hydrogen-bond donors (Lipinski definition) is 2. The molecule has 22 heavy (non-hydrogen) atoms. The van der Waals surface area contributed by atoms with Crippen molar-refractivity contribution in [3.8, 4) is 0 Å². The topological polar surface area (TPSA) is 45.7 Å². The second-order valence-corrected chi connectivity index (χ2v) is 7.15. The minimum absolute atomic E-state index is 0.0889. The third-order valence-electron chi connectivity index (χ3n) is 4.10. The molecule has 116 valence electrons. The van der Waals surface area contributed by atoms with Gasteiger partial charge in [0.05, 0.1) is 4.88 Å². The quantitative estimate of drug-likeness (QED) is 0.845. The Morgan fingerprint density at radius 2 is 2.00 bits per heavy atom. The zero-order chi connectivity index (χ0) is 15.5. The van der Waals surface area contributed by atoms with Gasteiger partial charge in [-0.25, -0.2) is 0 Å². The Labute approximate surface area is 135 Å². The van der Waals surface area contributed by atoms with Gasteiger partial charge in [0.25, 0.3) is 5.91 Å². The van der Waals surface area contributed by atoms with Crippen molar-refractivity contribution < 1.29 is 10.1 Å². The Hall–Kier alpha value is -1.65. The van der Waals surface area contributed by atoms with Crippen LogP contribution in [0.15, 0.2) is 41.8 Å². The summed E-state index contributed by atoms with van der Waals surface area (Å²) in [7, 11) is 0. The number of thiophene rings is 1. The van der Waals surface area contributed by atoms with Gasteiger partial charge in [0, 0.05) is 11.6 Å². The predicted molar refractivity (Wildman–Crippen MR) is 89.9 cm³/mol. The lowest BCUT2D eigenvalue weighted by atomic mass is 10.0. The van der Waals surface area contributed by atoms with Gasteiger partial charge >= 0.3 is 0 Å². The maximum absolute atomic E-state index is 12.2. The van der Waals surface area contributed by atoms with Crippen molar-refractivity contribution in [3.05, 3.63) is 57.8 Å². The first kappa shape index (κ1) is 15.3. The predicted octanol–water partition coefficient (Wildman–Crippen LogP) is 2.38. The van der Waals surface area contributed by atoms with Crippen molar-refractivity contribution in [2.45, 2.75) is 44.8 Å². The number of quaternary nitrogens is 1. The molecule has 1 aliphatic carbocycles. The normalized spacial score (nSPS) is 17.0.